The lowest BCUT2D eigenvalue weighted by atomic mass is 9.89. The topological polar surface area (TPSA) is 103 Å². The van der Waals surface area contributed by atoms with Gasteiger partial charge in [0.2, 0.25) is 0 Å². The maximum absolute atomic E-state index is 5.27. The number of rotatable bonds is 6. The number of fused-ring (bicyclic) bond motifs is 4. The normalized spacial score (nSPS) is 11.8. The van der Waals surface area contributed by atoms with E-state index in [0.29, 0.717) is 34.9 Å². The molecule has 4 heterocycles. The van der Waals surface area contributed by atoms with Gasteiger partial charge in [-0.25, -0.2) is 29.9 Å². The molecule has 0 saturated carbocycles. The average molecular weight is 867 g/mol. The molecule has 0 bridgehead atoms. The van der Waals surface area contributed by atoms with Gasteiger partial charge in [-0.3, -0.25) is 9.97 Å². The van der Waals surface area contributed by atoms with E-state index in [1.165, 1.54) is 0 Å². The number of hydrogen-bond donors (Lipinski definition) is 0. The minimum Gasteiger partial charge on any atom is -0.256 e. The summed E-state index contributed by atoms with van der Waals surface area (Å²) in [5.74, 6) is 3.57. The predicted molar refractivity (Wildman–Crippen MR) is 275 cm³/mol. The molecule has 0 amide bonds. The first kappa shape index (κ1) is 37.9. The van der Waals surface area contributed by atoms with Gasteiger partial charge in [0.1, 0.15) is 0 Å². The molecule has 314 valence electrons. The third-order valence-corrected chi connectivity index (χ3v) is 13.2. The van der Waals surface area contributed by atoms with Crippen molar-refractivity contribution < 1.29 is 0 Å². The fraction of sp³-hybridized carbons (Fsp3) is 0. The minimum atomic E-state index is 0.590. The summed E-state index contributed by atoms with van der Waals surface area (Å²) in [5, 5.41) is 13.1. The first-order chi connectivity index (χ1) is 33.6. The van der Waals surface area contributed by atoms with Crippen LogP contribution in [0.15, 0.2) is 207 Å². The van der Waals surface area contributed by atoms with Crippen LogP contribution in [0.4, 0.5) is 0 Å². The summed E-state index contributed by atoms with van der Waals surface area (Å²) in [4.78, 5) is 40.5. The largest absolute Gasteiger partial charge is 0.256 e. The van der Waals surface area contributed by atoms with Gasteiger partial charge in [0.15, 0.2) is 34.9 Å². The molecule has 68 heavy (non-hydrogen) atoms. The number of hydrogen-bond acceptors (Lipinski definition) is 8. The van der Waals surface area contributed by atoms with Crippen LogP contribution in [-0.4, -0.2) is 39.9 Å². The van der Waals surface area contributed by atoms with Crippen LogP contribution in [-0.2, 0) is 0 Å². The second-order valence-electron chi connectivity index (χ2n) is 17.2. The molecular formula is C60H34N8. The molecule has 0 saturated heterocycles. The molecule has 0 aliphatic rings. The van der Waals surface area contributed by atoms with Crippen molar-refractivity contribution in [3.8, 4) is 68.3 Å². The highest BCUT2D eigenvalue weighted by atomic mass is 15.0. The summed E-state index contributed by atoms with van der Waals surface area (Å²) < 4.78 is 0. The lowest BCUT2D eigenvalue weighted by Gasteiger charge is -2.16. The van der Waals surface area contributed by atoms with Crippen molar-refractivity contribution in [3.05, 3.63) is 207 Å². The van der Waals surface area contributed by atoms with Crippen molar-refractivity contribution in [2.75, 3.05) is 0 Å². The Morgan fingerprint density at radius 2 is 0.574 bits per heavy atom. The van der Waals surface area contributed by atoms with Crippen LogP contribution < -0.4 is 0 Å². The third-order valence-electron chi connectivity index (χ3n) is 13.2. The van der Waals surface area contributed by atoms with Crippen LogP contribution in [0.1, 0.15) is 0 Å². The predicted octanol–water partition coefficient (Wildman–Crippen LogP) is 14.4. The monoisotopic (exact) mass is 866 g/mol. The van der Waals surface area contributed by atoms with Crippen LogP contribution in [0, 0.1) is 0 Å². The maximum atomic E-state index is 5.27. The molecule has 0 N–H and O–H groups in total. The molecule has 0 atom stereocenters. The van der Waals surface area contributed by atoms with E-state index < -0.39 is 0 Å². The van der Waals surface area contributed by atoms with Crippen LogP contribution in [0.25, 0.3) is 144 Å². The van der Waals surface area contributed by atoms with Crippen molar-refractivity contribution in [3.63, 3.8) is 0 Å². The first-order valence-corrected chi connectivity index (χ1v) is 22.6. The molecular weight excluding hydrogens is 833 g/mol. The van der Waals surface area contributed by atoms with E-state index in [-0.39, 0.29) is 0 Å². The van der Waals surface area contributed by atoms with Crippen LogP contribution >= 0.6 is 0 Å². The molecule has 0 spiro atoms. The van der Waals surface area contributed by atoms with Gasteiger partial charge in [-0.05, 0) is 127 Å². The van der Waals surface area contributed by atoms with E-state index in [4.69, 9.17) is 29.9 Å². The van der Waals surface area contributed by atoms with Gasteiger partial charge in [-0.2, -0.15) is 0 Å². The Bertz CT molecular complexity index is 3880. The molecule has 10 aromatic carbocycles. The summed E-state index contributed by atoms with van der Waals surface area (Å²) in [6.45, 7) is 0. The fourth-order valence-electron chi connectivity index (χ4n) is 9.79. The van der Waals surface area contributed by atoms with Crippen molar-refractivity contribution in [1.82, 2.24) is 39.9 Å². The average Bonchev–Trinajstić information content (AvgIpc) is 3.41. The molecule has 8 heteroatoms. The molecule has 0 aliphatic carbocycles. The molecule has 4 aromatic heterocycles. The highest BCUT2D eigenvalue weighted by Crippen LogP contribution is 2.42. The van der Waals surface area contributed by atoms with Crippen LogP contribution in [0.3, 0.4) is 0 Å². The molecule has 8 nitrogen and oxygen atoms in total. The lowest BCUT2D eigenvalue weighted by Crippen LogP contribution is -2.02. The summed E-state index contributed by atoms with van der Waals surface area (Å²) in [6, 6.07) is 67.3. The molecule has 0 unspecified atom stereocenters. The van der Waals surface area contributed by atoms with Gasteiger partial charge >= 0.3 is 0 Å². The molecule has 14 aromatic rings. The fourth-order valence-corrected chi connectivity index (χ4v) is 9.79. The number of aromatic nitrogens is 8. The summed E-state index contributed by atoms with van der Waals surface area (Å²) in [6.07, 6.45) is 3.62. The highest BCUT2D eigenvalue weighted by molar-refractivity contribution is 6.27. The second-order valence-corrected chi connectivity index (χ2v) is 17.2. The van der Waals surface area contributed by atoms with Crippen molar-refractivity contribution in [2.24, 2.45) is 0 Å². The van der Waals surface area contributed by atoms with E-state index in [0.717, 1.165) is 109 Å². The van der Waals surface area contributed by atoms with E-state index >= 15 is 0 Å². The third kappa shape index (κ3) is 6.30. The Labute approximate surface area is 388 Å². The maximum Gasteiger partial charge on any atom is 0.164 e. The van der Waals surface area contributed by atoms with E-state index in [1.54, 1.807) is 0 Å². The Balaban J connectivity index is 0.972. The summed E-state index contributed by atoms with van der Waals surface area (Å²) in [7, 11) is 0. The lowest BCUT2D eigenvalue weighted by molar-refractivity contribution is 1.08. The highest BCUT2D eigenvalue weighted by Gasteiger charge is 2.21. The summed E-state index contributed by atoms with van der Waals surface area (Å²) >= 11 is 0. The van der Waals surface area contributed by atoms with E-state index in [1.807, 2.05) is 48.8 Å². The van der Waals surface area contributed by atoms with Gasteiger partial charge in [0.05, 0.1) is 11.0 Å². The number of nitrogens with zero attached hydrogens (tertiary/aromatic N) is 8. The molecule has 0 fully saturated rings. The number of benzene rings is 10. The van der Waals surface area contributed by atoms with Crippen molar-refractivity contribution in [2.45, 2.75) is 0 Å². The Morgan fingerprint density at radius 3 is 1.01 bits per heavy atom. The summed E-state index contributed by atoms with van der Waals surface area (Å²) in [5.41, 5.74) is 7.26. The van der Waals surface area contributed by atoms with Crippen LogP contribution in [0.5, 0.6) is 0 Å². The van der Waals surface area contributed by atoms with Gasteiger partial charge in [-0.1, -0.05) is 121 Å². The van der Waals surface area contributed by atoms with Crippen molar-refractivity contribution in [1.29, 1.82) is 0 Å². The zero-order valence-electron chi connectivity index (χ0n) is 36.2. The van der Waals surface area contributed by atoms with E-state index in [9.17, 15) is 0 Å². The second kappa shape index (κ2) is 15.1. The van der Waals surface area contributed by atoms with Crippen LogP contribution in [0.2, 0.25) is 0 Å². The first-order valence-electron chi connectivity index (χ1n) is 22.6. The Kier molecular flexibility index (Phi) is 8.41. The Morgan fingerprint density at radius 1 is 0.235 bits per heavy atom. The van der Waals surface area contributed by atoms with Gasteiger partial charge in [0, 0.05) is 56.5 Å². The van der Waals surface area contributed by atoms with Crippen molar-refractivity contribution >= 4 is 75.7 Å². The number of pyridine rings is 2. The molecule has 0 radical (unpaired) electrons. The molecule has 0 aliphatic heterocycles. The zero-order valence-corrected chi connectivity index (χ0v) is 36.2. The quantitative estimate of drug-likeness (QED) is 0.152. The standard InChI is InChI=1S/C60H34N8/c1-3-9-39-31-43(15-13-35(39)7-1)55-63-57(45-21-27-51-41(33-45)11-5-29-61-51)67-59(65-55)49-25-19-37-18-24-48-50(26-20-38-17-23-47(49)53(37)54(38)48)60-66-56(44-16-14-36-8-2-4-10-40(36)32-44)64-58(68-60)46-22-28-52-42(34-46)12-6-30-62-52/h1-34H. The molecule has 14 rings (SSSR count). The van der Waals surface area contributed by atoms with Gasteiger partial charge in [0.25, 0.3) is 0 Å². The zero-order chi connectivity index (χ0) is 44.7. The van der Waals surface area contributed by atoms with E-state index in [2.05, 4.69) is 168 Å². The minimum absolute atomic E-state index is 0.590. The SMILES string of the molecule is c1ccc2cc(-c3nc(-c4ccc5ncccc5c4)nc(-c4ccc5ccc6c(-c7nc(-c8ccc9ccccc9c8)nc(-c8ccc9ncccc9c8)n7)ccc7ccc4c5c76)n3)ccc2c1. The van der Waals surface area contributed by atoms with Gasteiger partial charge in [-0.15, -0.1) is 0 Å². The smallest absolute Gasteiger partial charge is 0.164 e. The Hall–Kier alpha value is -9.40. The van der Waals surface area contributed by atoms with Gasteiger partial charge < -0.3 is 0 Å².